The van der Waals surface area contributed by atoms with Crippen LogP contribution in [-0.2, 0) is 9.53 Å². The Kier molecular flexibility index (Phi) is 8.19. The summed E-state index contributed by atoms with van der Waals surface area (Å²) in [6.07, 6.45) is 3.01. The largest absolute Gasteiger partial charge is 0.493 e. The first kappa shape index (κ1) is 23.7. The van der Waals surface area contributed by atoms with Gasteiger partial charge in [-0.3, -0.25) is 4.79 Å². The van der Waals surface area contributed by atoms with E-state index in [0.717, 1.165) is 10.0 Å². The summed E-state index contributed by atoms with van der Waals surface area (Å²) in [5.41, 5.74) is 2.19. The van der Waals surface area contributed by atoms with Gasteiger partial charge in [-0.2, -0.15) is 0 Å². The van der Waals surface area contributed by atoms with Gasteiger partial charge in [-0.25, -0.2) is 9.18 Å². The van der Waals surface area contributed by atoms with Crippen LogP contribution < -0.4 is 10.1 Å². The molecule has 0 aliphatic rings. The van der Waals surface area contributed by atoms with Crippen LogP contribution >= 0.6 is 27.3 Å². The quantitative estimate of drug-likeness (QED) is 0.272. The fraction of sp³-hybridized carbons (Fsp3) is 0.167. The van der Waals surface area contributed by atoms with E-state index in [9.17, 15) is 14.0 Å². The van der Waals surface area contributed by atoms with E-state index < -0.39 is 11.9 Å². The van der Waals surface area contributed by atoms with Gasteiger partial charge in [-0.05, 0) is 55.8 Å². The van der Waals surface area contributed by atoms with Crippen LogP contribution in [0.15, 0.2) is 58.4 Å². The Labute approximate surface area is 198 Å². The number of hydrogen-bond acceptors (Lipinski definition) is 5. The van der Waals surface area contributed by atoms with Gasteiger partial charge in [0.1, 0.15) is 22.1 Å². The summed E-state index contributed by atoms with van der Waals surface area (Å²) in [7, 11) is 0. The van der Waals surface area contributed by atoms with Crippen LogP contribution in [0.1, 0.15) is 29.8 Å². The summed E-state index contributed by atoms with van der Waals surface area (Å²) in [5.74, 6) is -0.690. The van der Waals surface area contributed by atoms with Gasteiger partial charge in [0, 0.05) is 27.1 Å². The van der Waals surface area contributed by atoms with Crippen molar-refractivity contribution in [3.63, 3.8) is 0 Å². The smallest absolute Gasteiger partial charge is 0.341 e. The SMILES string of the molecule is CCOC(=O)c1c(-c2ccc(F)cc2)csc1NC(=O)C=Cc1cc(Br)ccc1OCC. The minimum absolute atomic E-state index is 0.188. The lowest BCUT2D eigenvalue weighted by Gasteiger charge is -2.09. The molecule has 0 bridgehead atoms. The molecule has 0 spiro atoms. The molecule has 0 aliphatic heterocycles. The highest BCUT2D eigenvalue weighted by molar-refractivity contribution is 9.10. The summed E-state index contributed by atoms with van der Waals surface area (Å²) in [6.45, 7) is 4.28. The average molecular weight is 518 g/mol. The zero-order valence-electron chi connectivity index (χ0n) is 17.5. The van der Waals surface area contributed by atoms with Crippen molar-refractivity contribution in [3.8, 4) is 16.9 Å². The Bertz CT molecular complexity index is 1140. The number of hydrogen-bond donors (Lipinski definition) is 1. The van der Waals surface area contributed by atoms with E-state index >= 15 is 0 Å². The molecule has 5 nitrogen and oxygen atoms in total. The molecule has 0 fully saturated rings. The van der Waals surface area contributed by atoms with E-state index in [-0.39, 0.29) is 18.0 Å². The number of anilines is 1. The molecule has 2 aromatic carbocycles. The van der Waals surface area contributed by atoms with Crippen LogP contribution in [0.3, 0.4) is 0 Å². The van der Waals surface area contributed by atoms with Crippen LogP contribution in [0, 0.1) is 5.82 Å². The van der Waals surface area contributed by atoms with E-state index in [4.69, 9.17) is 9.47 Å². The number of carbonyl (C=O) groups is 2. The number of benzene rings is 2. The Hall–Kier alpha value is -2.97. The molecule has 0 aliphatic carbocycles. The first-order valence-electron chi connectivity index (χ1n) is 9.88. The van der Waals surface area contributed by atoms with Crippen molar-refractivity contribution in [2.24, 2.45) is 0 Å². The lowest BCUT2D eigenvalue weighted by molar-refractivity contribution is -0.111. The minimum atomic E-state index is -0.557. The second-order valence-corrected chi connectivity index (χ2v) is 8.31. The second-order valence-electron chi connectivity index (χ2n) is 6.52. The van der Waals surface area contributed by atoms with Gasteiger partial charge < -0.3 is 14.8 Å². The van der Waals surface area contributed by atoms with Gasteiger partial charge in [-0.15, -0.1) is 11.3 Å². The van der Waals surface area contributed by atoms with E-state index in [0.29, 0.717) is 28.5 Å². The number of carbonyl (C=O) groups excluding carboxylic acids is 2. The second kappa shape index (κ2) is 11.1. The first-order chi connectivity index (χ1) is 15.4. The van der Waals surface area contributed by atoms with Gasteiger partial charge in [0.05, 0.1) is 13.2 Å². The molecule has 32 heavy (non-hydrogen) atoms. The molecule has 1 heterocycles. The molecular weight excluding hydrogens is 497 g/mol. The predicted octanol–water partition coefficient (Wildman–Crippen LogP) is 6.54. The van der Waals surface area contributed by atoms with Crippen molar-refractivity contribution < 1.29 is 23.5 Å². The highest BCUT2D eigenvalue weighted by Crippen LogP contribution is 2.36. The van der Waals surface area contributed by atoms with Gasteiger partial charge >= 0.3 is 5.97 Å². The van der Waals surface area contributed by atoms with E-state index in [2.05, 4.69) is 21.2 Å². The molecule has 8 heteroatoms. The highest BCUT2D eigenvalue weighted by Gasteiger charge is 2.22. The maximum absolute atomic E-state index is 13.3. The molecule has 166 valence electrons. The van der Waals surface area contributed by atoms with Crippen molar-refractivity contribution in [2.75, 3.05) is 18.5 Å². The first-order valence-corrected chi connectivity index (χ1v) is 11.6. The third-order valence-corrected chi connectivity index (χ3v) is 5.74. The predicted molar refractivity (Wildman–Crippen MR) is 129 cm³/mol. The standard InChI is InChI=1S/C24H21BrFNO4S/c1-3-30-20-11-8-17(25)13-16(20)7-12-21(28)27-23-22(24(29)31-4-2)19(14-32-23)15-5-9-18(26)10-6-15/h5-14H,3-4H2,1-2H3,(H,27,28). The van der Waals surface area contributed by atoms with E-state index in [1.165, 1.54) is 29.5 Å². The minimum Gasteiger partial charge on any atom is -0.493 e. The Morgan fingerprint density at radius 3 is 2.56 bits per heavy atom. The van der Waals surface area contributed by atoms with Crippen LogP contribution in [0.25, 0.3) is 17.2 Å². The highest BCUT2D eigenvalue weighted by atomic mass is 79.9. The topological polar surface area (TPSA) is 64.6 Å². The Morgan fingerprint density at radius 1 is 1.12 bits per heavy atom. The summed E-state index contributed by atoms with van der Waals surface area (Å²) in [6, 6.07) is 11.3. The lowest BCUT2D eigenvalue weighted by Crippen LogP contribution is -2.12. The molecule has 3 rings (SSSR count). The van der Waals surface area contributed by atoms with Crippen LogP contribution in [0.2, 0.25) is 0 Å². The van der Waals surface area contributed by atoms with Crippen molar-refractivity contribution in [1.82, 2.24) is 0 Å². The summed E-state index contributed by atoms with van der Waals surface area (Å²) in [5, 5.41) is 4.85. The third-order valence-electron chi connectivity index (χ3n) is 4.35. The molecule has 0 unspecified atom stereocenters. The van der Waals surface area contributed by atoms with Crippen LogP contribution in [0.5, 0.6) is 5.75 Å². The zero-order valence-corrected chi connectivity index (χ0v) is 19.9. The normalized spacial score (nSPS) is 10.9. The maximum atomic E-state index is 13.3. The lowest BCUT2D eigenvalue weighted by atomic mass is 10.0. The Morgan fingerprint density at radius 2 is 1.88 bits per heavy atom. The molecule has 1 N–H and O–H groups in total. The monoisotopic (exact) mass is 517 g/mol. The van der Waals surface area contributed by atoms with Gasteiger partial charge in [0.25, 0.3) is 0 Å². The third kappa shape index (κ3) is 5.83. The molecule has 3 aromatic rings. The molecule has 0 radical (unpaired) electrons. The van der Waals surface area contributed by atoms with Gasteiger partial charge in [0.2, 0.25) is 5.91 Å². The number of thiophene rings is 1. The number of amides is 1. The van der Waals surface area contributed by atoms with Crippen molar-refractivity contribution in [3.05, 3.63) is 75.3 Å². The number of ether oxygens (including phenoxy) is 2. The summed E-state index contributed by atoms with van der Waals surface area (Å²) < 4.78 is 24.9. The Balaban J connectivity index is 1.87. The summed E-state index contributed by atoms with van der Waals surface area (Å²) in [4.78, 5) is 25.2. The van der Waals surface area contributed by atoms with Crippen molar-refractivity contribution in [2.45, 2.75) is 13.8 Å². The molecule has 0 atom stereocenters. The van der Waals surface area contributed by atoms with Gasteiger partial charge in [-0.1, -0.05) is 28.1 Å². The van der Waals surface area contributed by atoms with Crippen LogP contribution in [-0.4, -0.2) is 25.1 Å². The van der Waals surface area contributed by atoms with Crippen LogP contribution in [0.4, 0.5) is 9.39 Å². The van der Waals surface area contributed by atoms with Crippen molar-refractivity contribution >= 4 is 50.2 Å². The zero-order chi connectivity index (χ0) is 23.1. The van der Waals surface area contributed by atoms with E-state index in [1.54, 1.807) is 30.5 Å². The van der Waals surface area contributed by atoms with E-state index in [1.807, 2.05) is 25.1 Å². The maximum Gasteiger partial charge on any atom is 0.341 e. The molecule has 1 aromatic heterocycles. The number of rotatable bonds is 8. The number of esters is 1. The average Bonchev–Trinajstić information content (AvgIpc) is 3.18. The number of halogens is 2. The fourth-order valence-electron chi connectivity index (χ4n) is 2.95. The summed E-state index contributed by atoms with van der Waals surface area (Å²) >= 11 is 4.62. The fourth-order valence-corrected chi connectivity index (χ4v) is 4.29. The molecule has 0 saturated heterocycles. The molecular formula is C24H21BrFNO4S. The number of nitrogens with one attached hydrogen (secondary N) is 1. The molecule has 1 amide bonds. The van der Waals surface area contributed by atoms with Crippen molar-refractivity contribution in [1.29, 1.82) is 0 Å². The van der Waals surface area contributed by atoms with Gasteiger partial charge in [0.15, 0.2) is 0 Å². The molecule has 0 saturated carbocycles.